The zero-order valence-electron chi connectivity index (χ0n) is 15.1. The summed E-state index contributed by atoms with van der Waals surface area (Å²) in [6.07, 6.45) is 5.19. The zero-order chi connectivity index (χ0) is 18.1. The molecule has 6 heteroatoms. The molecule has 0 unspecified atom stereocenters. The molecule has 26 heavy (non-hydrogen) atoms. The molecule has 3 aromatic rings. The van der Waals surface area contributed by atoms with Crippen molar-refractivity contribution >= 4 is 22.8 Å². The fraction of sp³-hybridized carbons (Fsp3) is 0.350. The highest BCUT2D eigenvalue weighted by atomic mass is 16.1. The van der Waals surface area contributed by atoms with Crippen LogP contribution < -0.4 is 5.32 Å². The predicted octanol–water partition coefficient (Wildman–Crippen LogP) is 3.16. The Kier molecular flexibility index (Phi) is 4.42. The van der Waals surface area contributed by atoms with Gasteiger partial charge >= 0.3 is 0 Å². The maximum Gasteiger partial charge on any atom is 0.257 e. The number of benzene rings is 1. The van der Waals surface area contributed by atoms with Gasteiger partial charge in [-0.15, -0.1) is 0 Å². The SMILES string of the molecule is Cc1nc2ncc(C(=O)Nc3cccc(CCN(C)C4CC4)c3)cc2[nH]1. The normalized spacial score (nSPS) is 14.1. The van der Waals surface area contributed by atoms with Crippen molar-refractivity contribution in [3.63, 3.8) is 0 Å². The van der Waals surface area contributed by atoms with Crippen LogP contribution in [-0.2, 0) is 6.42 Å². The van der Waals surface area contributed by atoms with E-state index in [9.17, 15) is 4.79 Å². The van der Waals surface area contributed by atoms with Crippen LogP contribution in [0, 0.1) is 6.92 Å². The van der Waals surface area contributed by atoms with Crippen molar-refractivity contribution in [2.45, 2.75) is 32.2 Å². The van der Waals surface area contributed by atoms with Crippen LogP contribution in [0.3, 0.4) is 0 Å². The number of aryl methyl sites for hydroxylation is 1. The Hall–Kier alpha value is -2.73. The number of imidazole rings is 1. The summed E-state index contributed by atoms with van der Waals surface area (Å²) in [6, 6.07) is 10.6. The van der Waals surface area contributed by atoms with E-state index >= 15 is 0 Å². The number of rotatable bonds is 6. The molecular weight excluding hydrogens is 326 g/mol. The van der Waals surface area contributed by atoms with Crippen molar-refractivity contribution in [2.24, 2.45) is 0 Å². The number of nitrogens with zero attached hydrogens (tertiary/aromatic N) is 3. The van der Waals surface area contributed by atoms with Gasteiger partial charge in [0.15, 0.2) is 5.65 Å². The van der Waals surface area contributed by atoms with Crippen molar-refractivity contribution in [1.29, 1.82) is 0 Å². The lowest BCUT2D eigenvalue weighted by atomic mass is 10.1. The smallest absolute Gasteiger partial charge is 0.257 e. The van der Waals surface area contributed by atoms with Gasteiger partial charge in [-0.3, -0.25) is 4.79 Å². The van der Waals surface area contributed by atoms with Gasteiger partial charge in [0.2, 0.25) is 0 Å². The van der Waals surface area contributed by atoms with Crippen LogP contribution in [0.25, 0.3) is 11.2 Å². The molecule has 2 N–H and O–H groups in total. The van der Waals surface area contributed by atoms with E-state index in [2.05, 4.69) is 38.3 Å². The Balaban J connectivity index is 1.43. The fourth-order valence-corrected chi connectivity index (χ4v) is 3.16. The molecule has 1 saturated carbocycles. The molecule has 0 spiro atoms. The summed E-state index contributed by atoms with van der Waals surface area (Å²) >= 11 is 0. The molecular formula is C20H23N5O. The summed E-state index contributed by atoms with van der Waals surface area (Å²) in [5.41, 5.74) is 3.95. The molecule has 134 valence electrons. The molecule has 2 heterocycles. The molecule has 1 aromatic carbocycles. The van der Waals surface area contributed by atoms with Gasteiger partial charge in [-0.1, -0.05) is 12.1 Å². The summed E-state index contributed by atoms with van der Waals surface area (Å²) in [7, 11) is 2.18. The fourth-order valence-electron chi connectivity index (χ4n) is 3.16. The molecule has 0 saturated heterocycles. The standard InChI is InChI=1S/C20H23N5O/c1-13-22-18-11-15(12-21-19(18)23-13)20(26)24-16-5-3-4-14(10-16)8-9-25(2)17-6-7-17/h3-5,10-12,17H,6-9H2,1-2H3,(H,24,26)(H,21,22,23). The van der Waals surface area contributed by atoms with Crippen LogP contribution >= 0.6 is 0 Å². The maximum absolute atomic E-state index is 12.5. The lowest BCUT2D eigenvalue weighted by Crippen LogP contribution is -2.23. The molecule has 1 fully saturated rings. The van der Waals surface area contributed by atoms with Crippen molar-refractivity contribution in [3.05, 3.63) is 53.5 Å². The molecule has 0 bridgehead atoms. The van der Waals surface area contributed by atoms with E-state index < -0.39 is 0 Å². The van der Waals surface area contributed by atoms with E-state index in [0.717, 1.165) is 36.0 Å². The van der Waals surface area contributed by atoms with Gasteiger partial charge in [-0.2, -0.15) is 0 Å². The number of hydrogen-bond acceptors (Lipinski definition) is 4. The second-order valence-electron chi connectivity index (χ2n) is 7.03. The number of hydrogen-bond donors (Lipinski definition) is 2. The summed E-state index contributed by atoms with van der Waals surface area (Å²) in [5, 5.41) is 2.97. The van der Waals surface area contributed by atoms with E-state index in [4.69, 9.17) is 0 Å². The van der Waals surface area contributed by atoms with Gasteiger partial charge in [0.1, 0.15) is 5.82 Å². The van der Waals surface area contributed by atoms with Gasteiger partial charge in [0, 0.05) is 24.5 Å². The molecule has 4 rings (SSSR count). The van der Waals surface area contributed by atoms with Crippen molar-refractivity contribution in [3.8, 4) is 0 Å². The Morgan fingerprint density at radius 1 is 1.35 bits per heavy atom. The van der Waals surface area contributed by atoms with Crippen molar-refractivity contribution in [2.75, 3.05) is 18.9 Å². The minimum absolute atomic E-state index is 0.168. The predicted molar refractivity (Wildman–Crippen MR) is 102 cm³/mol. The van der Waals surface area contributed by atoms with Crippen LogP contribution in [0.2, 0.25) is 0 Å². The first-order valence-electron chi connectivity index (χ1n) is 9.01. The topological polar surface area (TPSA) is 73.9 Å². The molecule has 1 amide bonds. The quantitative estimate of drug-likeness (QED) is 0.717. The number of fused-ring (bicyclic) bond motifs is 1. The lowest BCUT2D eigenvalue weighted by Gasteiger charge is -2.15. The number of likely N-dealkylation sites (N-methyl/N-ethyl adjacent to an activating group) is 1. The molecule has 2 aromatic heterocycles. The molecule has 0 radical (unpaired) electrons. The second kappa shape index (κ2) is 6.88. The molecule has 1 aliphatic rings. The molecule has 0 aliphatic heterocycles. The molecule has 1 aliphatic carbocycles. The van der Waals surface area contributed by atoms with Crippen LogP contribution in [-0.4, -0.2) is 45.4 Å². The van der Waals surface area contributed by atoms with Crippen LogP contribution in [0.5, 0.6) is 0 Å². The van der Waals surface area contributed by atoms with Crippen LogP contribution in [0.15, 0.2) is 36.5 Å². The monoisotopic (exact) mass is 349 g/mol. The highest BCUT2D eigenvalue weighted by Gasteiger charge is 2.25. The largest absolute Gasteiger partial charge is 0.341 e. The number of H-pyrrole nitrogens is 1. The van der Waals surface area contributed by atoms with E-state index in [-0.39, 0.29) is 5.91 Å². The summed E-state index contributed by atoms with van der Waals surface area (Å²) < 4.78 is 0. The van der Waals surface area contributed by atoms with E-state index in [1.165, 1.54) is 18.4 Å². The third-order valence-electron chi connectivity index (χ3n) is 4.83. The second-order valence-corrected chi connectivity index (χ2v) is 7.03. The lowest BCUT2D eigenvalue weighted by molar-refractivity contribution is 0.102. The number of amides is 1. The number of anilines is 1. The van der Waals surface area contributed by atoms with Gasteiger partial charge in [0.25, 0.3) is 5.91 Å². The first kappa shape index (κ1) is 16.7. The van der Waals surface area contributed by atoms with Gasteiger partial charge in [0.05, 0.1) is 11.1 Å². The summed E-state index contributed by atoms with van der Waals surface area (Å²) in [4.78, 5) is 26.6. The van der Waals surface area contributed by atoms with Crippen molar-refractivity contribution in [1.82, 2.24) is 19.9 Å². The Bertz CT molecular complexity index is 944. The van der Waals surface area contributed by atoms with E-state index in [1.807, 2.05) is 25.1 Å². The minimum Gasteiger partial charge on any atom is -0.341 e. The van der Waals surface area contributed by atoms with Gasteiger partial charge < -0.3 is 15.2 Å². The maximum atomic E-state index is 12.5. The molecule has 6 nitrogen and oxygen atoms in total. The zero-order valence-corrected chi connectivity index (χ0v) is 15.1. The highest BCUT2D eigenvalue weighted by molar-refractivity contribution is 6.05. The Morgan fingerprint density at radius 3 is 3.00 bits per heavy atom. The molecule has 0 atom stereocenters. The van der Waals surface area contributed by atoms with E-state index in [0.29, 0.717) is 11.2 Å². The van der Waals surface area contributed by atoms with E-state index in [1.54, 1.807) is 12.3 Å². The number of carbonyl (C=O) groups excluding carboxylic acids is 1. The average Bonchev–Trinajstić information content (AvgIpc) is 3.41. The summed E-state index contributed by atoms with van der Waals surface area (Å²) in [5.74, 6) is 0.618. The highest BCUT2D eigenvalue weighted by Crippen LogP contribution is 2.25. The van der Waals surface area contributed by atoms with Gasteiger partial charge in [-0.25, -0.2) is 9.97 Å². The third-order valence-corrected chi connectivity index (χ3v) is 4.83. The number of pyridine rings is 1. The van der Waals surface area contributed by atoms with Crippen LogP contribution in [0.4, 0.5) is 5.69 Å². The number of aromatic amines is 1. The first-order chi connectivity index (χ1) is 12.6. The summed E-state index contributed by atoms with van der Waals surface area (Å²) in [6.45, 7) is 2.91. The van der Waals surface area contributed by atoms with Crippen LogP contribution in [0.1, 0.15) is 34.6 Å². The van der Waals surface area contributed by atoms with Gasteiger partial charge in [-0.05, 0) is 57.0 Å². The number of nitrogens with one attached hydrogen (secondary N) is 2. The number of aromatic nitrogens is 3. The third kappa shape index (κ3) is 3.75. The van der Waals surface area contributed by atoms with Crippen molar-refractivity contribution < 1.29 is 4.79 Å². The Labute approximate surface area is 152 Å². The number of carbonyl (C=O) groups is 1. The first-order valence-corrected chi connectivity index (χ1v) is 9.01. The average molecular weight is 349 g/mol. The minimum atomic E-state index is -0.168. The Morgan fingerprint density at radius 2 is 2.19 bits per heavy atom.